The molecule has 0 unspecified atom stereocenters. The molecule has 0 spiro atoms. The first kappa shape index (κ1) is 20.2. The van der Waals surface area contributed by atoms with Crippen LogP contribution in [0.15, 0.2) is 59.8 Å². The van der Waals surface area contributed by atoms with Crippen LogP contribution >= 0.6 is 23.4 Å². The number of fused-ring (bicyclic) bond motifs is 1. The maximum absolute atomic E-state index is 12.3. The van der Waals surface area contributed by atoms with Gasteiger partial charge in [0.15, 0.2) is 5.65 Å². The molecule has 4 aromatic rings. The van der Waals surface area contributed by atoms with Gasteiger partial charge in [-0.25, -0.2) is 0 Å². The van der Waals surface area contributed by atoms with Crippen LogP contribution < -0.4 is 10.1 Å². The van der Waals surface area contributed by atoms with Gasteiger partial charge >= 0.3 is 0 Å². The Balaban J connectivity index is 1.51. The van der Waals surface area contributed by atoms with Crippen LogP contribution in [0.25, 0.3) is 16.9 Å². The summed E-state index contributed by atoms with van der Waals surface area (Å²) in [6.45, 7) is 1.91. The molecule has 1 N–H and O–H groups in total. The van der Waals surface area contributed by atoms with Gasteiger partial charge in [0.2, 0.25) is 11.1 Å². The fourth-order valence-corrected chi connectivity index (χ4v) is 3.72. The number of carbonyl (C=O) groups excluding carboxylic acids is 1. The Kier molecular flexibility index (Phi) is 5.87. The Bertz CT molecular complexity index is 1230. The summed E-state index contributed by atoms with van der Waals surface area (Å²) in [5.74, 6) is 0.715. The third-order valence-electron chi connectivity index (χ3n) is 4.41. The van der Waals surface area contributed by atoms with Gasteiger partial charge in [0.05, 0.1) is 18.6 Å². The second kappa shape index (κ2) is 8.73. The van der Waals surface area contributed by atoms with Crippen molar-refractivity contribution in [3.8, 4) is 17.0 Å². The van der Waals surface area contributed by atoms with E-state index in [1.165, 1.54) is 11.8 Å². The summed E-state index contributed by atoms with van der Waals surface area (Å²) >= 11 is 7.37. The highest BCUT2D eigenvalue weighted by Gasteiger charge is 2.13. The van der Waals surface area contributed by atoms with E-state index in [-0.39, 0.29) is 11.7 Å². The summed E-state index contributed by atoms with van der Waals surface area (Å²) in [7, 11) is 1.62. The summed E-state index contributed by atoms with van der Waals surface area (Å²) in [6, 6.07) is 16.7. The van der Waals surface area contributed by atoms with Crippen LogP contribution in [-0.4, -0.2) is 38.6 Å². The van der Waals surface area contributed by atoms with E-state index in [1.54, 1.807) is 17.7 Å². The monoisotopic (exact) mass is 439 g/mol. The molecule has 0 fully saturated rings. The second-order valence-electron chi connectivity index (χ2n) is 6.47. The van der Waals surface area contributed by atoms with Gasteiger partial charge in [-0.3, -0.25) is 4.79 Å². The average molecular weight is 440 g/mol. The van der Waals surface area contributed by atoms with E-state index in [4.69, 9.17) is 16.3 Å². The lowest BCUT2D eigenvalue weighted by atomic mass is 10.1. The number of hydrogen-bond donors (Lipinski definition) is 1. The van der Waals surface area contributed by atoms with Crippen molar-refractivity contribution in [3.63, 3.8) is 0 Å². The topological polar surface area (TPSA) is 81.4 Å². The summed E-state index contributed by atoms with van der Waals surface area (Å²) in [4.78, 5) is 12.3. The van der Waals surface area contributed by atoms with E-state index < -0.39 is 0 Å². The molecule has 0 aliphatic rings. The predicted molar refractivity (Wildman–Crippen MR) is 118 cm³/mol. The summed E-state index contributed by atoms with van der Waals surface area (Å²) in [5.41, 5.74) is 3.79. The Morgan fingerprint density at radius 2 is 2.00 bits per heavy atom. The van der Waals surface area contributed by atoms with E-state index >= 15 is 0 Å². The van der Waals surface area contributed by atoms with E-state index in [9.17, 15) is 4.79 Å². The van der Waals surface area contributed by atoms with Gasteiger partial charge in [-0.05, 0) is 48.9 Å². The fraction of sp³-hybridized carbons (Fsp3) is 0.143. The Morgan fingerprint density at radius 3 is 2.80 bits per heavy atom. The smallest absolute Gasteiger partial charge is 0.234 e. The van der Waals surface area contributed by atoms with Crippen molar-refractivity contribution in [2.24, 2.45) is 0 Å². The highest BCUT2D eigenvalue weighted by Crippen LogP contribution is 2.28. The molecule has 7 nitrogen and oxygen atoms in total. The first-order valence-electron chi connectivity index (χ1n) is 9.10. The third-order valence-corrected chi connectivity index (χ3v) is 5.73. The quantitative estimate of drug-likeness (QED) is 0.446. The molecule has 2 heterocycles. The number of rotatable bonds is 6. The van der Waals surface area contributed by atoms with Crippen LogP contribution in [-0.2, 0) is 4.79 Å². The lowest BCUT2D eigenvalue weighted by molar-refractivity contribution is -0.113. The van der Waals surface area contributed by atoms with Gasteiger partial charge in [-0.15, -0.1) is 10.2 Å². The molecule has 0 atom stereocenters. The Morgan fingerprint density at radius 1 is 1.17 bits per heavy atom. The SMILES string of the molecule is COc1ccccc1-c1ccc2nnc(SCC(=O)Nc3ccc(C)c(Cl)c3)n2n1. The number of nitrogens with one attached hydrogen (secondary N) is 1. The number of nitrogens with zero attached hydrogens (tertiary/aromatic N) is 4. The minimum absolute atomic E-state index is 0.160. The summed E-state index contributed by atoms with van der Waals surface area (Å²) < 4.78 is 7.05. The maximum atomic E-state index is 12.3. The number of halogens is 1. The van der Waals surface area contributed by atoms with E-state index in [2.05, 4.69) is 20.6 Å². The molecule has 0 aliphatic carbocycles. The number of methoxy groups -OCH3 is 1. The summed E-state index contributed by atoms with van der Waals surface area (Å²) in [6.07, 6.45) is 0. The van der Waals surface area contributed by atoms with Gasteiger partial charge in [-0.2, -0.15) is 9.61 Å². The summed E-state index contributed by atoms with van der Waals surface area (Å²) in [5, 5.41) is 16.9. The molecular formula is C21H18ClN5O2S. The zero-order valence-corrected chi connectivity index (χ0v) is 17.9. The van der Waals surface area contributed by atoms with Gasteiger partial charge in [0.25, 0.3) is 0 Å². The molecule has 1 amide bonds. The van der Waals surface area contributed by atoms with Crippen LogP contribution in [0.1, 0.15) is 5.56 Å². The number of amides is 1. The van der Waals surface area contributed by atoms with E-state index in [0.29, 0.717) is 21.5 Å². The van der Waals surface area contributed by atoms with Crippen LogP contribution in [0.3, 0.4) is 0 Å². The molecule has 2 aromatic heterocycles. The largest absolute Gasteiger partial charge is 0.496 e. The van der Waals surface area contributed by atoms with Crippen LogP contribution in [0, 0.1) is 6.92 Å². The highest BCUT2D eigenvalue weighted by molar-refractivity contribution is 7.99. The third kappa shape index (κ3) is 4.24. The van der Waals surface area contributed by atoms with Crippen LogP contribution in [0.2, 0.25) is 5.02 Å². The number of ether oxygens (including phenoxy) is 1. The number of anilines is 1. The molecule has 4 rings (SSSR count). The zero-order valence-electron chi connectivity index (χ0n) is 16.3. The molecule has 0 bridgehead atoms. The predicted octanol–water partition coefficient (Wildman–Crippen LogP) is 4.49. The molecule has 0 saturated heterocycles. The average Bonchev–Trinajstić information content (AvgIpc) is 3.17. The van der Waals surface area contributed by atoms with Crippen molar-refractivity contribution < 1.29 is 9.53 Å². The normalized spacial score (nSPS) is 10.9. The highest BCUT2D eigenvalue weighted by atomic mass is 35.5. The fourth-order valence-electron chi connectivity index (χ4n) is 2.86. The van der Waals surface area contributed by atoms with Crippen LogP contribution in [0.4, 0.5) is 5.69 Å². The molecule has 0 saturated carbocycles. The van der Waals surface area contributed by atoms with Crippen LogP contribution in [0.5, 0.6) is 5.75 Å². The molecule has 2 aromatic carbocycles. The minimum atomic E-state index is -0.169. The van der Waals surface area contributed by atoms with E-state index in [0.717, 1.165) is 22.6 Å². The van der Waals surface area contributed by atoms with Crippen molar-refractivity contribution >= 4 is 40.6 Å². The first-order chi connectivity index (χ1) is 14.5. The number of aromatic nitrogens is 4. The number of hydrogen-bond acceptors (Lipinski definition) is 6. The van der Waals surface area contributed by atoms with Crippen molar-refractivity contribution in [3.05, 3.63) is 65.2 Å². The molecule has 0 aliphatic heterocycles. The van der Waals surface area contributed by atoms with Gasteiger partial charge in [0.1, 0.15) is 5.75 Å². The number of thioether (sulfide) groups is 1. The van der Waals surface area contributed by atoms with Gasteiger partial charge < -0.3 is 10.1 Å². The minimum Gasteiger partial charge on any atom is -0.496 e. The molecule has 0 radical (unpaired) electrons. The molecule has 152 valence electrons. The zero-order chi connectivity index (χ0) is 21.1. The number of benzene rings is 2. The molecule has 30 heavy (non-hydrogen) atoms. The molecule has 9 heteroatoms. The van der Waals surface area contributed by atoms with Crippen molar-refractivity contribution in [1.82, 2.24) is 19.8 Å². The molecular weight excluding hydrogens is 422 g/mol. The number of para-hydroxylation sites is 1. The number of carbonyl (C=O) groups is 1. The van der Waals surface area contributed by atoms with Crippen molar-refractivity contribution in [2.45, 2.75) is 12.1 Å². The number of aryl methyl sites for hydroxylation is 1. The van der Waals surface area contributed by atoms with Gasteiger partial charge in [-0.1, -0.05) is 41.6 Å². The van der Waals surface area contributed by atoms with Crippen molar-refractivity contribution in [2.75, 3.05) is 18.2 Å². The lowest BCUT2D eigenvalue weighted by Gasteiger charge is -2.08. The van der Waals surface area contributed by atoms with Crippen molar-refractivity contribution in [1.29, 1.82) is 0 Å². The second-order valence-corrected chi connectivity index (χ2v) is 7.82. The van der Waals surface area contributed by atoms with E-state index in [1.807, 2.05) is 55.5 Å². The Labute approximate surface area is 182 Å². The lowest BCUT2D eigenvalue weighted by Crippen LogP contribution is -2.14. The standard InChI is InChI=1S/C21H18ClN5O2S/c1-13-7-8-14(11-16(13)22)23-20(28)12-30-21-25-24-19-10-9-17(26-27(19)21)15-5-3-4-6-18(15)29-2/h3-11H,12H2,1-2H3,(H,23,28). The first-order valence-corrected chi connectivity index (χ1v) is 10.5. The Hall–Kier alpha value is -3.10. The van der Waals surface area contributed by atoms with Gasteiger partial charge in [0, 0.05) is 16.3 Å². The maximum Gasteiger partial charge on any atom is 0.234 e.